The molecule has 12 rings (SSSR count). The van der Waals surface area contributed by atoms with Crippen LogP contribution in [-0.2, 0) is 0 Å². The topological polar surface area (TPSA) is 35.6 Å². The smallest absolute Gasteiger partial charge is 0.160 e. The minimum Gasteiger partial charge on any atom is -0.309 e. The Hall–Kier alpha value is -7.34. The molecule has 0 unspecified atom stereocenters. The van der Waals surface area contributed by atoms with Crippen LogP contribution in [0.15, 0.2) is 194 Å². The Labute approximate surface area is 332 Å². The Morgan fingerprint density at radius 2 is 0.842 bits per heavy atom. The molecule has 266 valence electrons. The summed E-state index contributed by atoms with van der Waals surface area (Å²) in [4.78, 5) is 10.4. The van der Waals surface area contributed by atoms with Gasteiger partial charge in [-0.05, 0) is 72.8 Å². The van der Waals surface area contributed by atoms with Gasteiger partial charge in [0.05, 0.1) is 33.5 Å². The molecule has 0 amide bonds. The van der Waals surface area contributed by atoms with E-state index in [0.717, 1.165) is 39.5 Å². The van der Waals surface area contributed by atoms with Gasteiger partial charge in [-0.3, -0.25) is 0 Å². The van der Waals surface area contributed by atoms with E-state index >= 15 is 0 Å². The summed E-state index contributed by atoms with van der Waals surface area (Å²) in [7, 11) is 0. The predicted molar refractivity (Wildman–Crippen MR) is 240 cm³/mol. The Kier molecular flexibility index (Phi) is 7.06. The Balaban J connectivity index is 0.969. The summed E-state index contributed by atoms with van der Waals surface area (Å²) in [6.45, 7) is 0. The maximum atomic E-state index is 5.22. The molecule has 0 fully saturated rings. The quantitative estimate of drug-likeness (QED) is 0.176. The van der Waals surface area contributed by atoms with Gasteiger partial charge in [-0.15, -0.1) is 11.3 Å². The minimum atomic E-state index is 0.693. The third-order valence-electron chi connectivity index (χ3n) is 11.4. The SMILES string of the molecule is c1ccc(-c2cc(-c3ccc(-n4c5ccccc5c5c6sc7ccccc7c6ccc54)cc3)nc(-c3ccc(-n4c5ccccc5c5ccccc54)cc3)n2)cc1. The first kappa shape index (κ1) is 32.0. The highest BCUT2D eigenvalue weighted by Gasteiger charge is 2.18. The van der Waals surface area contributed by atoms with Crippen LogP contribution in [0.4, 0.5) is 0 Å². The number of nitrogens with zero attached hydrogens (tertiary/aromatic N) is 4. The van der Waals surface area contributed by atoms with Crippen molar-refractivity contribution in [3.63, 3.8) is 0 Å². The number of fused-ring (bicyclic) bond motifs is 10. The van der Waals surface area contributed by atoms with E-state index in [-0.39, 0.29) is 0 Å². The molecule has 4 nitrogen and oxygen atoms in total. The molecular weight excluding hydrogens is 713 g/mol. The van der Waals surface area contributed by atoms with Gasteiger partial charge in [0.2, 0.25) is 0 Å². The van der Waals surface area contributed by atoms with E-state index in [2.05, 4.69) is 197 Å². The Bertz CT molecular complexity index is 3450. The number of benzene rings is 8. The summed E-state index contributed by atoms with van der Waals surface area (Å²) in [6.07, 6.45) is 0. The second-order valence-corrected chi connectivity index (χ2v) is 15.6. The van der Waals surface area contributed by atoms with Crippen molar-refractivity contribution in [2.45, 2.75) is 0 Å². The number of para-hydroxylation sites is 3. The van der Waals surface area contributed by atoms with E-state index in [1.165, 1.54) is 63.8 Å². The molecule has 4 heterocycles. The van der Waals surface area contributed by atoms with Gasteiger partial charge in [0, 0.05) is 69.8 Å². The van der Waals surface area contributed by atoms with E-state index in [1.54, 1.807) is 0 Å². The van der Waals surface area contributed by atoms with E-state index in [1.807, 2.05) is 17.4 Å². The molecule has 0 radical (unpaired) electrons. The van der Waals surface area contributed by atoms with Crippen LogP contribution in [0, 0.1) is 0 Å². The van der Waals surface area contributed by atoms with Gasteiger partial charge in [-0.1, -0.05) is 121 Å². The fourth-order valence-electron chi connectivity index (χ4n) is 8.74. The number of hydrogen-bond donors (Lipinski definition) is 0. The van der Waals surface area contributed by atoms with Crippen LogP contribution in [0.25, 0.3) is 109 Å². The third kappa shape index (κ3) is 4.99. The van der Waals surface area contributed by atoms with Gasteiger partial charge in [0.15, 0.2) is 5.82 Å². The van der Waals surface area contributed by atoms with Crippen LogP contribution in [0.3, 0.4) is 0 Å². The first-order chi connectivity index (χ1) is 28.3. The molecule has 0 aliphatic rings. The van der Waals surface area contributed by atoms with E-state index in [9.17, 15) is 0 Å². The van der Waals surface area contributed by atoms with Crippen molar-refractivity contribution in [1.82, 2.24) is 19.1 Å². The normalized spacial score (nSPS) is 11.9. The van der Waals surface area contributed by atoms with Crippen molar-refractivity contribution < 1.29 is 0 Å². The molecule has 12 aromatic rings. The summed E-state index contributed by atoms with van der Waals surface area (Å²) < 4.78 is 7.40. The summed E-state index contributed by atoms with van der Waals surface area (Å²) >= 11 is 1.88. The van der Waals surface area contributed by atoms with Crippen molar-refractivity contribution in [3.8, 4) is 45.3 Å². The molecule has 0 spiro atoms. The lowest BCUT2D eigenvalue weighted by Crippen LogP contribution is -1.98. The lowest BCUT2D eigenvalue weighted by atomic mass is 10.1. The average Bonchev–Trinajstić information content (AvgIpc) is 3.95. The summed E-state index contributed by atoms with van der Waals surface area (Å²) in [5, 5.41) is 7.71. The van der Waals surface area contributed by atoms with E-state index in [4.69, 9.17) is 9.97 Å². The van der Waals surface area contributed by atoms with Crippen LogP contribution in [0.2, 0.25) is 0 Å². The molecule has 0 saturated heterocycles. The molecule has 57 heavy (non-hydrogen) atoms. The zero-order chi connectivity index (χ0) is 37.5. The molecule has 8 aromatic carbocycles. The fourth-order valence-corrected chi connectivity index (χ4v) is 9.99. The Morgan fingerprint density at radius 1 is 0.351 bits per heavy atom. The standard InChI is InChI=1S/C52H32N4S/c1-2-12-33(13-3-1)43-32-44(54-52(53-43)35-24-28-36(29-25-35)55-45-18-8-4-14-38(45)39-15-5-9-19-46(39)55)34-22-26-37(27-23-34)56-47-20-10-6-17-42(47)50-48(56)31-30-41-40-16-7-11-21-49(40)57-51(41)50/h1-32H. The maximum Gasteiger partial charge on any atom is 0.160 e. The number of thiophene rings is 1. The summed E-state index contributed by atoms with van der Waals surface area (Å²) in [5.41, 5.74) is 11.8. The molecule has 0 N–H and O–H groups in total. The minimum absolute atomic E-state index is 0.693. The van der Waals surface area contributed by atoms with Crippen LogP contribution in [0.1, 0.15) is 0 Å². The second-order valence-electron chi connectivity index (χ2n) is 14.6. The second kappa shape index (κ2) is 12.6. The van der Waals surface area contributed by atoms with Crippen LogP contribution >= 0.6 is 11.3 Å². The molecule has 0 bridgehead atoms. The number of hydrogen-bond acceptors (Lipinski definition) is 3. The highest BCUT2D eigenvalue weighted by atomic mass is 32.1. The maximum absolute atomic E-state index is 5.22. The van der Waals surface area contributed by atoms with Gasteiger partial charge < -0.3 is 9.13 Å². The molecule has 0 aliphatic heterocycles. The largest absolute Gasteiger partial charge is 0.309 e. The summed E-state index contributed by atoms with van der Waals surface area (Å²) in [5.74, 6) is 0.693. The summed E-state index contributed by atoms with van der Waals surface area (Å²) in [6, 6.07) is 69.3. The van der Waals surface area contributed by atoms with Crippen molar-refractivity contribution in [1.29, 1.82) is 0 Å². The molecule has 0 atom stereocenters. The monoisotopic (exact) mass is 744 g/mol. The van der Waals surface area contributed by atoms with Gasteiger partial charge in [-0.2, -0.15) is 0 Å². The fraction of sp³-hybridized carbons (Fsp3) is 0. The van der Waals surface area contributed by atoms with E-state index in [0.29, 0.717) is 5.82 Å². The van der Waals surface area contributed by atoms with Crippen molar-refractivity contribution >= 4 is 75.1 Å². The lowest BCUT2D eigenvalue weighted by molar-refractivity contribution is 1.16. The average molecular weight is 745 g/mol. The van der Waals surface area contributed by atoms with Crippen LogP contribution in [-0.4, -0.2) is 19.1 Å². The van der Waals surface area contributed by atoms with Crippen molar-refractivity contribution in [2.24, 2.45) is 0 Å². The third-order valence-corrected chi connectivity index (χ3v) is 12.6. The van der Waals surface area contributed by atoms with Crippen LogP contribution < -0.4 is 0 Å². The molecule has 5 heteroatoms. The van der Waals surface area contributed by atoms with Crippen molar-refractivity contribution in [2.75, 3.05) is 0 Å². The number of rotatable bonds is 5. The number of aromatic nitrogens is 4. The van der Waals surface area contributed by atoms with Crippen LogP contribution in [0.5, 0.6) is 0 Å². The highest BCUT2D eigenvalue weighted by Crippen LogP contribution is 2.43. The first-order valence-electron chi connectivity index (χ1n) is 19.2. The van der Waals surface area contributed by atoms with Gasteiger partial charge in [-0.25, -0.2) is 9.97 Å². The van der Waals surface area contributed by atoms with Crippen molar-refractivity contribution in [3.05, 3.63) is 194 Å². The molecule has 0 aliphatic carbocycles. The molecular formula is C52H32N4S. The molecule has 4 aromatic heterocycles. The molecule has 0 saturated carbocycles. The first-order valence-corrected chi connectivity index (χ1v) is 20.1. The Morgan fingerprint density at radius 3 is 1.49 bits per heavy atom. The van der Waals surface area contributed by atoms with E-state index < -0.39 is 0 Å². The lowest BCUT2D eigenvalue weighted by Gasteiger charge is -2.12. The van der Waals surface area contributed by atoms with Gasteiger partial charge >= 0.3 is 0 Å². The van der Waals surface area contributed by atoms with Gasteiger partial charge in [0.1, 0.15) is 0 Å². The zero-order valence-corrected chi connectivity index (χ0v) is 31.5. The predicted octanol–water partition coefficient (Wildman–Crippen LogP) is 14.0. The zero-order valence-electron chi connectivity index (χ0n) is 30.7. The van der Waals surface area contributed by atoms with Gasteiger partial charge in [0.25, 0.3) is 0 Å². The highest BCUT2D eigenvalue weighted by molar-refractivity contribution is 7.26.